The molecule has 2 atom stereocenters. The summed E-state index contributed by atoms with van der Waals surface area (Å²) >= 11 is 3.53. The van der Waals surface area contributed by atoms with E-state index in [0.29, 0.717) is 6.04 Å². The van der Waals surface area contributed by atoms with Crippen molar-refractivity contribution in [3.05, 3.63) is 34.3 Å². The van der Waals surface area contributed by atoms with Gasteiger partial charge in [-0.1, -0.05) is 35.0 Å². The third kappa shape index (κ3) is 4.24. The molecular weight excluding hydrogens is 362 g/mol. The number of benzene rings is 1. The van der Waals surface area contributed by atoms with Gasteiger partial charge in [0.05, 0.1) is 0 Å². The predicted molar refractivity (Wildman–Crippen MR) is 98.8 cm³/mol. The number of piperazine rings is 1. The fraction of sp³-hybridized carbons (Fsp3) is 0.647. The van der Waals surface area contributed by atoms with Crippen LogP contribution in [0.4, 0.5) is 0 Å². The molecule has 3 nitrogen and oxygen atoms in total. The number of hydrogen-bond donors (Lipinski definition) is 1. The molecule has 2 aliphatic rings. The molecule has 0 aliphatic carbocycles. The molecule has 1 aromatic rings. The summed E-state index contributed by atoms with van der Waals surface area (Å²) in [4.78, 5) is 5.35. The lowest BCUT2D eigenvalue weighted by atomic mass is 10.0. The topological polar surface area (TPSA) is 18.5 Å². The monoisotopic (exact) mass is 387 g/mol. The minimum absolute atomic E-state index is 0. The van der Waals surface area contributed by atoms with Gasteiger partial charge in [0, 0.05) is 49.3 Å². The van der Waals surface area contributed by atoms with E-state index in [9.17, 15) is 0 Å². The Morgan fingerprint density at radius 1 is 1.18 bits per heavy atom. The molecule has 0 bridgehead atoms. The molecule has 0 saturated carbocycles. The zero-order valence-electron chi connectivity index (χ0n) is 13.3. The zero-order valence-corrected chi connectivity index (χ0v) is 15.7. The van der Waals surface area contributed by atoms with Gasteiger partial charge in [-0.05, 0) is 37.1 Å². The van der Waals surface area contributed by atoms with Crippen molar-refractivity contribution in [2.24, 2.45) is 0 Å². The molecule has 0 spiro atoms. The van der Waals surface area contributed by atoms with Crippen LogP contribution in [0, 0.1) is 0 Å². The van der Waals surface area contributed by atoms with Crippen molar-refractivity contribution in [3.8, 4) is 0 Å². The van der Waals surface area contributed by atoms with Crippen LogP contribution < -0.4 is 5.32 Å². The first-order chi connectivity index (χ1) is 10.3. The summed E-state index contributed by atoms with van der Waals surface area (Å²) < 4.78 is 1.17. The first-order valence-corrected chi connectivity index (χ1v) is 9.01. The lowest BCUT2D eigenvalue weighted by Crippen LogP contribution is -2.51. The van der Waals surface area contributed by atoms with Crippen LogP contribution in [0.5, 0.6) is 0 Å². The average Bonchev–Trinajstić information content (AvgIpc) is 3.05. The molecule has 0 radical (unpaired) electrons. The molecule has 2 aliphatic heterocycles. The molecule has 124 valence electrons. The molecule has 1 N–H and O–H groups in total. The van der Waals surface area contributed by atoms with E-state index in [0.717, 1.165) is 6.04 Å². The van der Waals surface area contributed by atoms with Crippen LogP contribution in [0.15, 0.2) is 28.7 Å². The van der Waals surface area contributed by atoms with Crippen molar-refractivity contribution < 1.29 is 0 Å². The molecule has 1 aromatic carbocycles. The molecule has 2 unspecified atom stereocenters. The number of nitrogens with zero attached hydrogens (tertiary/aromatic N) is 2. The zero-order chi connectivity index (χ0) is 14.7. The second kappa shape index (κ2) is 8.65. The summed E-state index contributed by atoms with van der Waals surface area (Å²) in [6.07, 6.45) is 2.51. The van der Waals surface area contributed by atoms with E-state index in [-0.39, 0.29) is 12.4 Å². The molecule has 2 fully saturated rings. The molecule has 2 saturated heterocycles. The highest BCUT2D eigenvalue weighted by Gasteiger charge is 2.28. The van der Waals surface area contributed by atoms with Crippen LogP contribution in [0.2, 0.25) is 0 Å². The molecular formula is C17H27BrClN3. The van der Waals surface area contributed by atoms with Crippen LogP contribution in [0.3, 0.4) is 0 Å². The Bertz CT molecular complexity index is 440. The summed E-state index contributed by atoms with van der Waals surface area (Å²) in [7, 11) is 0. The van der Waals surface area contributed by atoms with Crippen molar-refractivity contribution in [1.82, 2.24) is 15.1 Å². The summed E-state index contributed by atoms with van der Waals surface area (Å²) in [5.41, 5.74) is 1.46. The van der Waals surface area contributed by atoms with Crippen LogP contribution in [-0.2, 0) is 0 Å². The highest BCUT2D eigenvalue weighted by atomic mass is 79.9. The standard InChI is InChI=1S/C17H26BrN3.ClH/c1-2-17(14-3-5-15(18)6-4-14)21-11-9-20(10-12-21)16-7-8-19-13-16;/h3-6,16-17,19H,2,7-13H2,1H3;1H. The van der Waals surface area contributed by atoms with Gasteiger partial charge in [0.15, 0.2) is 0 Å². The second-order valence-electron chi connectivity index (χ2n) is 6.19. The minimum atomic E-state index is 0. The highest BCUT2D eigenvalue weighted by Crippen LogP contribution is 2.27. The third-order valence-electron chi connectivity index (χ3n) is 4.98. The van der Waals surface area contributed by atoms with Crippen molar-refractivity contribution in [2.45, 2.75) is 31.8 Å². The third-order valence-corrected chi connectivity index (χ3v) is 5.51. The summed E-state index contributed by atoms with van der Waals surface area (Å²) in [6, 6.07) is 10.2. The molecule has 22 heavy (non-hydrogen) atoms. The number of halogens is 2. The normalized spacial score (nSPS) is 24.9. The van der Waals surface area contributed by atoms with E-state index in [4.69, 9.17) is 0 Å². The van der Waals surface area contributed by atoms with E-state index in [1.54, 1.807) is 0 Å². The van der Waals surface area contributed by atoms with E-state index in [1.807, 2.05) is 0 Å². The van der Waals surface area contributed by atoms with Gasteiger partial charge in [-0.3, -0.25) is 9.80 Å². The average molecular weight is 389 g/mol. The van der Waals surface area contributed by atoms with Gasteiger partial charge in [0.25, 0.3) is 0 Å². The number of nitrogens with one attached hydrogen (secondary N) is 1. The quantitative estimate of drug-likeness (QED) is 0.854. The lowest BCUT2D eigenvalue weighted by Gasteiger charge is -2.41. The van der Waals surface area contributed by atoms with Crippen molar-refractivity contribution in [3.63, 3.8) is 0 Å². The maximum Gasteiger partial charge on any atom is 0.0346 e. The minimum Gasteiger partial charge on any atom is -0.315 e. The summed E-state index contributed by atoms with van der Waals surface area (Å²) in [6.45, 7) is 9.53. The first kappa shape index (κ1) is 18.2. The van der Waals surface area contributed by atoms with Gasteiger partial charge in [0.1, 0.15) is 0 Å². The Hall–Kier alpha value is -0.130. The summed E-state index contributed by atoms with van der Waals surface area (Å²) in [5.74, 6) is 0. The van der Waals surface area contributed by atoms with Gasteiger partial charge >= 0.3 is 0 Å². The van der Waals surface area contributed by atoms with E-state index in [2.05, 4.69) is 62.2 Å². The highest BCUT2D eigenvalue weighted by molar-refractivity contribution is 9.10. The van der Waals surface area contributed by atoms with Crippen LogP contribution in [-0.4, -0.2) is 55.1 Å². The lowest BCUT2D eigenvalue weighted by molar-refractivity contribution is 0.0720. The Balaban J connectivity index is 0.00000176. The van der Waals surface area contributed by atoms with Crippen molar-refractivity contribution in [2.75, 3.05) is 39.3 Å². The number of rotatable bonds is 4. The fourth-order valence-corrected chi connectivity index (χ4v) is 4.02. The maximum atomic E-state index is 3.53. The summed E-state index contributed by atoms with van der Waals surface area (Å²) in [5, 5.41) is 3.49. The van der Waals surface area contributed by atoms with Gasteiger partial charge in [-0.2, -0.15) is 0 Å². The van der Waals surface area contributed by atoms with Crippen LogP contribution >= 0.6 is 28.3 Å². The Labute approximate surface area is 149 Å². The van der Waals surface area contributed by atoms with E-state index in [1.165, 1.54) is 62.1 Å². The van der Waals surface area contributed by atoms with Crippen molar-refractivity contribution in [1.29, 1.82) is 0 Å². The molecule has 3 rings (SSSR count). The molecule has 2 heterocycles. The van der Waals surface area contributed by atoms with Gasteiger partial charge in [-0.15, -0.1) is 12.4 Å². The largest absolute Gasteiger partial charge is 0.315 e. The smallest absolute Gasteiger partial charge is 0.0346 e. The number of hydrogen-bond acceptors (Lipinski definition) is 3. The van der Waals surface area contributed by atoms with E-state index < -0.39 is 0 Å². The molecule has 0 amide bonds. The Morgan fingerprint density at radius 2 is 1.86 bits per heavy atom. The van der Waals surface area contributed by atoms with Crippen LogP contribution in [0.25, 0.3) is 0 Å². The Kier molecular flexibility index (Phi) is 7.16. The molecule has 0 aromatic heterocycles. The first-order valence-electron chi connectivity index (χ1n) is 8.22. The SMILES string of the molecule is CCC(c1ccc(Br)cc1)N1CCN(C2CCNC2)CC1.Cl. The van der Waals surface area contributed by atoms with Crippen molar-refractivity contribution >= 4 is 28.3 Å². The second-order valence-corrected chi connectivity index (χ2v) is 7.11. The van der Waals surface area contributed by atoms with Crippen LogP contribution in [0.1, 0.15) is 31.4 Å². The maximum absolute atomic E-state index is 3.53. The van der Waals surface area contributed by atoms with Gasteiger partial charge < -0.3 is 5.32 Å². The fourth-order valence-electron chi connectivity index (χ4n) is 3.75. The van der Waals surface area contributed by atoms with Gasteiger partial charge in [-0.25, -0.2) is 0 Å². The molecule has 5 heteroatoms. The predicted octanol–water partition coefficient (Wildman–Crippen LogP) is 3.30. The Morgan fingerprint density at radius 3 is 2.41 bits per heavy atom. The van der Waals surface area contributed by atoms with E-state index >= 15 is 0 Å². The van der Waals surface area contributed by atoms with Gasteiger partial charge in [0.2, 0.25) is 0 Å².